The van der Waals surface area contributed by atoms with Crippen molar-refractivity contribution >= 4 is 21.4 Å². The molecule has 1 aliphatic rings. The fourth-order valence-electron chi connectivity index (χ4n) is 2.99. The number of hydrogen-bond acceptors (Lipinski definition) is 4. The van der Waals surface area contributed by atoms with E-state index in [2.05, 4.69) is 18.7 Å². The molecular weight excluding hydrogens is 274 g/mol. The topological polar surface area (TPSA) is 89.4 Å². The summed E-state index contributed by atoms with van der Waals surface area (Å²) in [4.78, 5) is 2.24. The first kappa shape index (κ1) is 15.1. The van der Waals surface area contributed by atoms with E-state index in [9.17, 15) is 8.42 Å². The lowest BCUT2D eigenvalue weighted by molar-refractivity contribution is 0.301. The molecule has 1 aliphatic heterocycles. The second-order valence-electron chi connectivity index (χ2n) is 5.65. The van der Waals surface area contributed by atoms with Crippen LogP contribution in [0.2, 0.25) is 0 Å². The maximum atomic E-state index is 11.8. The molecule has 1 aromatic rings. The molecule has 4 N–H and O–H groups in total. The summed E-state index contributed by atoms with van der Waals surface area (Å²) in [6.07, 6.45) is 3.27. The molecule has 112 valence electrons. The van der Waals surface area contributed by atoms with Gasteiger partial charge in [-0.3, -0.25) is 0 Å². The number of sulfonamides is 1. The monoisotopic (exact) mass is 297 g/mol. The Balaban J connectivity index is 2.40. The van der Waals surface area contributed by atoms with E-state index in [4.69, 9.17) is 10.9 Å². The van der Waals surface area contributed by atoms with Crippen molar-refractivity contribution < 1.29 is 8.42 Å². The Morgan fingerprint density at radius 2 is 1.95 bits per heavy atom. The van der Waals surface area contributed by atoms with Gasteiger partial charge in [-0.15, -0.1) is 0 Å². The first-order valence-corrected chi connectivity index (χ1v) is 8.53. The predicted octanol–water partition coefficient (Wildman–Crippen LogP) is 1.93. The van der Waals surface area contributed by atoms with E-state index in [0.717, 1.165) is 32.4 Å². The smallest absolute Gasteiger partial charge is 0.240 e. The highest BCUT2D eigenvalue weighted by Crippen LogP contribution is 2.40. The van der Waals surface area contributed by atoms with Crippen molar-refractivity contribution in [3.8, 4) is 0 Å². The lowest BCUT2D eigenvalue weighted by Gasteiger charge is -2.28. The first-order valence-electron chi connectivity index (χ1n) is 6.98. The molecule has 1 saturated heterocycles. The van der Waals surface area contributed by atoms with Gasteiger partial charge in [0.05, 0.1) is 5.69 Å². The Morgan fingerprint density at radius 3 is 2.45 bits per heavy atom. The Morgan fingerprint density at radius 1 is 1.30 bits per heavy atom. The minimum absolute atomic E-state index is 0.125. The zero-order valence-corrected chi connectivity index (χ0v) is 12.9. The zero-order chi connectivity index (χ0) is 15.0. The molecule has 0 atom stereocenters. The van der Waals surface area contributed by atoms with Crippen molar-refractivity contribution in [3.63, 3.8) is 0 Å². The molecule has 0 saturated carbocycles. The van der Waals surface area contributed by atoms with Gasteiger partial charge in [0, 0.05) is 18.8 Å². The Labute approximate surface area is 121 Å². The van der Waals surface area contributed by atoms with Gasteiger partial charge in [0.1, 0.15) is 4.90 Å². The van der Waals surface area contributed by atoms with E-state index in [-0.39, 0.29) is 10.3 Å². The summed E-state index contributed by atoms with van der Waals surface area (Å²) in [6.45, 7) is 6.10. The van der Waals surface area contributed by atoms with E-state index < -0.39 is 10.0 Å². The molecule has 20 heavy (non-hydrogen) atoms. The summed E-state index contributed by atoms with van der Waals surface area (Å²) >= 11 is 0. The molecule has 0 bridgehead atoms. The number of nitrogens with two attached hydrogens (primary N) is 2. The number of primary sulfonamides is 1. The fourth-order valence-corrected chi connectivity index (χ4v) is 3.78. The SMILES string of the molecule is CCC1(CC)CCN(c2ccc(N)cc2S(N)(=O)=O)C1. The summed E-state index contributed by atoms with van der Waals surface area (Å²) in [5, 5.41) is 5.32. The molecule has 0 aromatic heterocycles. The van der Waals surface area contributed by atoms with Gasteiger partial charge < -0.3 is 10.6 Å². The zero-order valence-electron chi connectivity index (χ0n) is 12.1. The van der Waals surface area contributed by atoms with E-state index in [1.165, 1.54) is 6.07 Å². The van der Waals surface area contributed by atoms with Crippen LogP contribution in [0.25, 0.3) is 0 Å². The second kappa shape index (κ2) is 5.26. The van der Waals surface area contributed by atoms with Crippen LogP contribution in [0.15, 0.2) is 23.1 Å². The van der Waals surface area contributed by atoms with Crippen LogP contribution in [0.1, 0.15) is 33.1 Å². The molecule has 0 radical (unpaired) electrons. The summed E-state index contributed by atoms with van der Waals surface area (Å²) in [5.41, 5.74) is 7.05. The molecule has 6 heteroatoms. The lowest BCUT2D eigenvalue weighted by atomic mass is 9.82. The van der Waals surface area contributed by atoms with Crippen molar-refractivity contribution in [2.24, 2.45) is 10.6 Å². The van der Waals surface area contributed by atoms with Gasteiger partial charge in [0.15, 0.2) is 0 Å². The Hall–Kier alpha value is -1.27. The number of anilines is 2. The molecule has 2 rings (SSSR count). The van der Waals surface area contributed by atoms with Crippen LogP contribution in [0.4, 0.5) is 11.4 Å². The third-order valence-electron chi connectivity index (χ3n) is 4.57. The summed E-state index contributed by atoms with van der Waals surface area (Å²) in [6, 6.07) is 4.93. The maximum Gasteiger partial charge on any atom is 0.240 e. The molecule has 0 unspecified atom stereocenters. The molecular formula is C14H23N3O2S. The number of nitrogen functional groups attached to an aromatic ring is 1. The van der Waals surface area contributed by atoms with E-state index in [1.54, 1.807) is 12.1 Å². The number of nitrogens with zero attached hydrogens (tertiary/aromatic N) is 1. The van der Waals surface area contributed by atoms with Gasteiger partial charge >= 0.3 is 0 Å². The van der Waals surface area contributed by atoms with Crippen LogP contribution in [-0.2, 0) is 10.0 Å². The van der Waals surface area contributed by atoms with Crippen LogP contribution in [0, 0.1) is 5.41 Å². The highest BCUT2D eigenvalue weighted by molar-refractivity contribution is 7.89. The molecule has 1 heterocycles. The Kier molecular flexibility index (Phi) is 3.97. The highest BCUT2D eigenvalue weighted by atomic mass is 32.2. The fraction of sp³-hybridized carbons (Fsp3) is 0.571. The van der Waals surface area contributed by atoms with Crippen LogP contribution >= 0.6 is 0 Å². The number of hydrogen-bond donors (Lipinski definition) is 2. The van der Waals surface area contributed by atoms with Crippen molar-refractivity contribution in [2.45, 2.75) is 38.0 Å². The molecule has 0 aliphatic carbocycles. The van der Waals surface area contributed by atoms with Crippen molar-refractivity contribution in [1.82, 2.24) is 0 Å². The summed E-state index contributed by atoms with van der Waals surface area (Å²) in [7, 11) is -3.77. The second-order valence-corrected chi connectivity index (χ2v) is 7.18. The Bertz CT molecular complexity index is 594. The number of rotatable bonds is 4. The summed E-state index contributed by atoms with van der Waals surface area (Å²) in [5.74, 6) is 0. The van der Waals surface area contributed by atoms with Gasteiger partial charge in [-0.2, -0.15) is 0 Å². The van der Waals surface area contributed by atoms with Gasteiger partial charge in [0.25, 0.3) is 0 Å². The largest absolute Gasteiger partial charge is 0.399 e. The summed E-state index contributed by atoms with van der Waals surface area (Å²) < 4.78 is 23.5. The minimum Gasteiger partial charge on any atom is -0.399 e. The third kappa shape index (κ3) is 2.76. The maximum absolute atomic E-state index is 11.8. The van der Waals surface area contributed by atoms with Crippen LogP contribution in [0.5, 0.6) is 0 Å². The molecule has 1 fully saturated rings. The normalized spacial score (nSPS) is 18.4. The molecule has 5 nitrogen and oxygen atoms in total. The third-order valence-corrected chi connectivity index (χ3v) is 5.51. The van der Waals surface area contributed by atoms with Gasteiger partial charge in [0.2, 0.25) is 10.0 Å². The molecule has 0 spiro atoms. The predicted molar refractivity (Wildman–Crippen MR) is 82.1 cm³/mol. The van der Waals surface area contributed by atoms with Crippen molar-refractivity contribution in [2.75, 3.05) is 23.7 Å². The number of benzene rings is 1. The van der Waals surface area contributed by atoms with E-state index in [0.29, 0.717) is 11.4 Å². The van der Waals surface area contributed by atoms with Crippen molar-refractivity contribution in [3.05, 3.63) is 18.2 Å². The van der Waals surface area contributed by atoms with Gasteiger partial charge in [-0.05, 0) is 42.9 Å². The van der Waals surface area contributed by atoms with Crippen LogP contribution in [-0.4, -0.2) is 21.5 Å². The van der Waals surface area contributed by atoms with Crippen LogP contribution in [0.3, 0.4) is 0 Å². The van der Waals surface area contributed by atoms with Gasteiger partial charge in [-0.25, -0.2) is 13.6 Å². The highest BCUT2D eigenvalue weighted by Gasteiger charge is 2.36. The lowest BCUT2D eigenvalue weighted by Crippen LogP contribution is -2.28. The first-order chi connectivity index (χ1) is 9.31. The molecule has 0 amide bonds. The average Bonchev–Trinajstić information content (AvgIpc) is 2.83. The van der Waals surface area contributed by atoms with Crippen molar-refractivity contribution in [1.29, 1.82) is 0 Å². The van der Waals surface area contributed by atoms with E-state index >= 15 is 0 Å². The van der Waals surface area contributed by atoms with Crippen LogP contribution < -0.4 is 15.8 Å². The molecule has 1 aromatic carbocycles. The standard InChI is InChI=1S/C14H23N3O2S/c1-3-14(4-2)7-8-17(10-14)12-6-5-11(15)9-13(12)20(16,18)19/h5-6,9H,3-4,7-8,10,15H2,1-2H3,(H2,16,18,19). The average molecular weight is 297 g/mol. The minimum atomic E-state index is -3.77. The van der Waals surface area contributed by atoms with E-state index in [1.807, 2.05) is 0 Å². The quantitative estimate of drug-likeness (QED) is 0.831. The van der Waals surface area contributed by atoms with Gasteiger partial charge in [-0.1, -0.05) is 13.8 Å².